The molecule has 0 unspecified atom stereocenters. The highest BCUT2D eigenvalue weighted by Gasteiger charge is 2.23. The number of hydrogen-bond acceptors (Lipinski definition) is 6. The van der Waals surface area contributed by atoms with Crippen molar-refractivity contribution in [2.75, 3.05) is 9.80 Å². The van der Waals surface area contributed by atoms with Crippen LogP contribution in [-0.4, -0.2) is 29.1 Å². The van der Waals surface area contributed by atoms with Gasteiger partial charge in [-0.05, 0) is 155 Å². The summed E-state index contributed by atoms with van der Waals surface area (Å²) >= 11 is 0. The van der Waals surface area contributed by atoms with E-state index >= 15 is 0 Å². The molecule has 8 nitrogen and oxygen atoms in total. The number of nitrogens with zero attached hydrogens (tertiary/aromatic N) is 8. The first-order valence-corrected chi connectivity index (χ1v) is 31.1. The quantitative estimate of drug-likeness (QED) is 0.129. The lowest BCUT2D eigenvalue weighted by Crippen LogP contribution is -2.11. The summed E-state index contributed by atoms with van der Waals surface area (Å²) in [5.41, 5.74) is 21.8. The van der Waals surface area contributed by atoms with Crippen molar-refractivity contribution in [3.05, 3.63) is 328 Å². The maximum absolute atomic E-state index is 5.64. The molecule has 18 rings (SSSR count). The fourth-order valence-corrected chi connectivity index (χ4v) is 13.9. The third-order valence-corrected chi connectivity index (χ3v) is 18.2. The van der Waals surface area contributed by atoms with Gasteiger partial charge in [0.05, 0.1) is 66.9 Å². The molecule has 0 spiro atoms. The maximum atomic E-state index is 5.64. The number of pyridine rings is 2. The molecule has 18 aromatic rings. The normalized spacial score (nSPS) is 11.7. The molecule has 0 radical (unpaired) electrons. The third kappa shape index (κ3) is 8.76. The molecule has 0 amide bonds. The van der Waals surface area contributed by atoms with Crippen LogP contribution in [0.2, 0.25) is 0 Å². The lowest BCUT2D eigenvalue weighted by atomic mass is 9.97. The van der Waals surface area contributed by atoms with Crippen LogP contribution in [0.5, 0.6) is 0 Å². The summed E-state index contributed by atoms with van der Waals surface area (Å²) in [7, 11) is 0. The van der Waals surface area contributed by atoms with Gasteiger partial charge in [-0.15, -0.1) is 0 Å². The monoisotopic (exact) mass is 1170 g/mol. The van der Waals surface area contributed by atoms with Crippen LogP contribution in [0.3, 0.4) is 0 Å². The number of benzene rings is 13. The van der Waals surface area contributed by atoms with Crippen molar-refractivity contribution in [3.8, 4) is 45.0 Å². The minimum atomic E-state index is 0.775. The zero-order valence-corrected chi connectivity index (χ0v) is 49.8. The Labute approximate surface area is 530 Å². The Morgan fingerprint density at radius 1 is 0.261 bits per heavy atom. The van der Waals surface area contributed by atoms with E-state index in [2.05, 4.69) is 322 Å². The van der Waals surface area contributed by atoms with Gasteiger partial charge in [0, 0.05) is 90.0 Å². The van der Waals surface area contributed by atoms with Gasteiger partial charge in [-0.25, -0.2) is 9.97 Å². The highest BCUT2D eigenvalue weighted by molar-refractivity contribution is 6.11. The van der Waals surface area contributed by atoms with Crippen LogP contribution < -0.4 is 9.80 Å². The summed E-state index contributed by atoms with van der Waals surface area (Å²) in [6.07, 6.45) is 3.75. The zero-order valence-electron chi connectivity index (χ0n) is 49.8. The van der Waals surface area contributed by atoms with E-state index in [4.69, 9.17) is 19.9 Å². The Morgan fingerprint density at radius 3 is 1.09 bits per heavy atom. The first kappa shape index (κ1) is 52.6. The molecule has 0 bridgehead atoms. The highest BCUT2D eigenvalue weighted by atomic mass is 15.2. The number of hydrogen-bond donors (Lipinski definition) is 0. The average molecular weight is 1180 g/mol. The summed E-state index contributed by atoms with van der Waals surface area (Å²) in [6.45, 7) is 0. The van der Waals surface area contributed by atoms with Gasteiger partial charge in [-0.3, -0.25) is 9.97 Å². The fourth-order valence-electron chi connectivity index (χ4n) is 13.9. The van der Waals surface area contributed by atoms with Gasteiger partial charge in [-0.1, -0.05) is 182 Å². The standard InChI is InChI=1S/C84H54N8/c1-2-22-67-55(16-1)17-11-27-68(67)60-38-51-73-74(54-60)88-84(59-36-41-62(42-37-59)90(80-33-13-19-57-21-15-53-86-82(57)80)64-45-49-66(50-46-64)92-77-30-9-5-25-71(77)72-26-6-10-31-78(72)92)83(87-73)58-34-39-61(40-35-58)89(79-32-12-18-56-20-14-52-85-81(56)79)63-43-47-65(48-44-63)91-75-28-7-3-23-69(75)70-24-4-8-29-76(70)91/h1-54H. The lowest BCUT2D eigenvalue weighted by Gasteiger charge is -2.27. The van der Waals surface area contributed by atoms with E-state index < -0.39 is 0 Å². The molecule has 430 valence electrons. The van der Waals surface area contributed by atoms with E-state index in [9.17, 15) is 0 Å². The van der Waals surface area contributed by atoms with Gasteiger partial charge in [0.15, 0.2) is 0 Å². The zero-order chi connectivity index (χ0) is 60.6. The molecule has 0 N–H and O–H groups in total. The number of aromatic nitrogens is 6. The second kappa shape index (κ2) is 21.7. The average Bonchev–Trinajstić information content (AvgIpc) is 1.72. The topological polar surface area (TPSA) is 67.9 Å². The largest absolute Gasteiger partial charge is 0.309 e. The van der Waals surface area contributed by atoms with E-state index in [1.54, 1.807) is 0 Å². The van der Waals surface area contributed by atoms with Crippen molar-refractivity contribution in [1.29, 1.82) is 0 Å². The molecule has 0 atom stereocenters. The molecule has 0 aliphatic carbocycles. The van der Waals surface area contributed by atoms with Gasteiger partial charge in [0.1, 0.15) is 0 Å². The highest BCUT2D eigenvalue weighted by Crippen LogP contribution is 2.44. The van der Waals surface area contributed by atoms with Crippen LogP contribution in [0.15, 0.2) is 328 Å². The lowest BCUT2D eigenvalue weighted by molar-refractivity contribution is 1.17. The van der Waals surface area contributed by atoms with E-state index in [-0.39, 0.29) is 0 Å². The Bertz CT molecular complexity index is 5770. The van der Waals surface area contributed by atoms with Crippen molar-refractivity contribution in [1.82, 2.24) is 29.1 Å². The molecule has 0 aliphatic heterocycles. The number of anilines is 6. The summed E-state index contributed by atoms with van der Waals surface area (Å²) in [5.74, 6) is 0. The first-order valence-electron chi connectivity index (χ1n) is 31.1. The number of fused-ring (bicyclic) bond motifs is 10. The molecule has 5 aromatic heterocycles. The van der Waals surface area contributed by atoms with Gasteiger partial charge in [0.2, 0.25) is 0 Å². The Kier molecular flexibility index (Phi) is 12.4. The predicted molar refractivity (Wildman–Crippen MR) is 382 cm³/mol. The van der Waals surface area contributed by atoms with Crippen molar-refractivity contribution >= 4 is 121 Å². The van der Waals surface area contributed by atoms with Gasteiger partial charge in [0.25, 0.3) is 0 Å². The van der Waals surface area contributed by atoms with E-state index in [0.717, 1.165) is 112 Å². The van der Waals surface area contributed by atoms with Crippen LogP contribution in [0.1, 0.15) is 0 Å². The van der Waals surface area contributed by atoms with Gasteiger partial charge < -0.3 is 18.9 Å². The summed E-state index contributed by atoms with van der Waals surface area (Å²) in [5, 5.41) is 9.42. The molecular weight excluding hydrogens is 1120 g/mol. The summed E-state index contributed by atoms with van der Waals surface area (Å²) in [4.78, 5) is 25.8. The van der Waals surface area contributed by atoms with Gasteiger partial charge in [-0.2, -0.15) is 0 Å². The first-order chi connectivity index (χ1) is 45.6. The molecule has 0 saturated heterocycles. The van der Waals surface area contributed by atoms with Gasteiger partial charge >= 0.3 is 0 Å². The summed E-state index contributed by atoms with van der Waals surface area (Å²) < 4.78 is 4.72. The summed E-state index contributed by atoms with van der Waals surface area (Å²) in [6, 6.07) is 112. The predicted octanol–water partition coefficient (Wildman–Crippen LogP) is 22.0. The second-order valence-corrected chi connectivity index (χ2v) is 23.4. The number of para-hydroxylation sites is 6. The number of rotatable bonds is 11. The Morgan fingerprint density at radius 2 is 0.620 bits per heavy atom. The maximum Gasteiger partial charge on any atom is 0.0973 e. The molecule has 8 heteroatoms. The molecule has 92 heavy (non-hydrogen) atoms. The molecule has 13 aromatic carbocycles. The van der Waals surface area contributed by atoms with Crippen LogP contribution in [-0.2, 0) is 0 Å². The second-order valence-electron chi connectivity index (χ2n) is 23.4. The molecule has 0 aliphatic rings. The van der Waals surface area contributed by atoms with Crippen molar-refractivity contribution in [3.63, 3.8) is 0 Å². The fraction of sp³-hybridized carbons (Fsp3) is 0. The minimum absolute atomic E-state index is 0.775. The molecule has 0 saturated carbocycles. The third-order valence-electron chi connectivity index (χ3n) is 18.2. The van der Waals surface area contributed by atoms with Crippen LogP contribution in [0.4, 0.5) is 34.1 Å². The van der Waals surface area contributed by atoms with Crippen molar-refractivity contribution in [2.45, 2.75) is 0 Å². The van der Waals surface area contributed by atoms with Crippen LogP contribution in [0.25, 0.3) is 132 Å². The Hall–Kier alpha value is -12.5. The van der Waals surface area contributed by atoms with E-state index in [1.165, 1.54) is 54.4 Å². The Balaban J connectivity index is 0.767. The van der Waals surface area contributed by atoms with E-state index in [1.807, 2.05) is 24.5 Å². The smallest absolute Gasteiger partial charge is 0.0973 e. The van der Waals surface area contributed by atoms with Crippen molar-refractivity contribution in [2.24, 2.45) is 0 Å². The van der Waals surface area contributed by atoms with Crippen LogP contribution >= 0.6 is 0 Å². The molecular formula is C84H54N8. The van der Waals surface area contributed by atoms with E-state index in [0.29, 0.717) is 0 Å². The molecule has 5 heterocycles. The SMILES string of the molecule is c1ccc2c(-c3ccc4nc(-c5ccc(N(c6ccc(-n7c8ccccc8c8ccccc87)cc6)c6cccc7cccnc67)cc5)c(-c5ccc(N(c6ccc(-n7c8ccccc8c8ccccc87)cc6)c6cccc7cccnc67)cc5)nc4c3)cccc2c1. The van der Waals surface area contributed by atoms with Crippen LogP contribution in [0, 0.1) is 0 Å². The molecule has 0 fully saturated rings. The van der Waals surface area contributed by atoms with Crippen molar-refractivity contribution < 1.29 is 0 Å². The minimum Gasteiger partial charge on any atom is -0.309 e.